The molecule has 0 aromatic heterocycles. The summed E-state index contributed by atoms with van der Waals surface area (Å²) in [5.41, 5.74) is -1.27. The van der Waals surface area contributed by atoms with Crippen LogP contribution in [0.25, 0.3) is 0 Å². The molecule has 5 nitrogen and oxygen atoms in total. The fourth-order valence-corrected chi connectivity index (χ4v) is 3.90. The monoisotopic (exact) mass is 363 g/mol. The van der Waals surface area contributed by atoms with Crippen LogP contribution in [0.2, 0.25) is 0 Å². The van der Waals surface area contributed by atoms with E-state index >= 15 is 0 Å². The van der Waals surface area contributed by atoms with Gasteiger partial charge in [-0.05, 0) is 31.5 Å². The Morgan fingerprint density at radius 1 is 1.45 bits per heavy atom. The molecule has 0 saturated carbocycles. The average molecular weight is 364 g/mol. The van der Waals surface area contributed by atoms with Gasteiger partial charge in [0.25, 0.3) is 0 Å². The predicted octanol–water partition coefficient (Wildman–Crippen LogP) is 2.46. The summed E-state index contributed by atoms with van der Waals surface area (Å²) < 4.78 is 32.5. The minimum Gasteiger partial charge on any atom is -0.468 e. The molecule has 0 radical (unpaired) electrons. The van der Waals surface area contributed by atoms with E-state index in [9.17, 15) is 13.2 Å². The number of benzene rings is 1. The van der Waals surface area contributed by atoms with Crippen LogP contribution in [0.3, 0.4) is 0 Å². The highest BCUT2D eigenvalue weighted by molar-refractivity contribution is 9.10. The summed E-state index contributed by atoms with van der Waals surface area (Å²) in [5, 5.41) is 0. The second kappa shape index (κ2) is 6.69. The largest absolute Gasteiger partial charge is 0.468 e. The Hall–Kier alpha value is -0.920. The van der Waals surface area contributed by atoms with Crippen LogP contribution >= 0.6 is 15.9 Å². The fourth-order valence-electron chi connectivity index (χ4n) is 1.91. The quantitative estimate of drug-likeness (QED) is 0.787. The maximum absolute atomic E-state index is 12.4. The second-order valence-electron chi connectivity index (χ2n) is 4.64. The van der Waals surface area contributed by atoms with Gasteiger partial charge in [0.05, 0.1) is 12.0 Å². The Kier molecular flexibility index (Phi) is 5.73. The van der Waals surface area contributed by atoms with Crippen molar-refractivity contribution in [2.75, 3.05) is 7.11 Å². The molecule has 7 heteroatoms. The van der Waals surface area contributed by atoms with Gasteiger partial charge in [0, 0.05) is 4.47 Å². The van der Waals surface area contributed by atoms with Crippen molar-refractivity contribution in [3.63, 3.8) is 0 Å². The van der Waals surface area contributed by atoms with Crippen LogP contribution in [-0.4, -0.2) is 27.0 Å². The van der Waals surface area contributed by atoms with Gasteiger partial charge in [0.2, 0.25) is 10.0 Å². The van der Waals surface area contributed by atoms with Crippen LogP contribution in [0.4, 0.5) is 0 Å². The summed E-state index contributed by atoms with van der Waals surface area (Å²) in [5.74, 6) is -0.599. The molecule has 0 amide bonds. The van der Waals surface area contributed by atoms with E-state index < -0.39 is 21.5 Å². The van der Waals surface area contributed by atoms with E-state index in [0.29, 0.717) is 17.3 Å². The van der Waals surface area contributed by atoms with Crippen molar-refractivity contribution < 1.29 is 17.9 Å². The van der Waals surface area contributed by atoms with E-state index in [4.69, 9.17) is 4.74 Å². The standard InChI is InChI=1S/C13H18BrNO4S/c1-4-8-13(2,12(16)19-3)15-20(17,18)11-7-5-6-10(14)9-11/h5-7,9,15H,4,8H2,1-3H3. The highest BCUT2D eigenvalue weighted by Gasteiger charge is 2.38. The molecule has 1 unspecified atom stereocenters. The van der Waals surface area contributed by atoms with Gasteiger partial charge in [-0.2, -0.15) is 4.72 Å². The number of rotatable bonds is 6. The van der Waals surface area contributed by atoms with E-state index in [2.05, 4.69) is 20.7 Å². The van der Waals surface area contributed by atoms with Crippen molar-refractivity contribution in [3.05, 3.63) is 28.7 Å². The molecule has 0 saturated heterocycles. The molecule has 0 fully saturated rings. The maximum Gasteiger partial charge on any atom is 0.326 e. The minimum atomic E-state index is -3.80. The third-order valence-electron chi connectivity index (χ3n) is 2.85. The Bertz CT molecular complexity index is 588. The van der Waals surface area contributed by atoms with Gasteiger partial charge in [-0.15, -0.1) is 0 Å². The molecule has 112 valence electrons. The number of hydrogen-bond acceptors (Lipinski definition) is 4. The Labute approximate surface area is 127 Å². The van der Waals surface area contributed by atoms with Crippen molar-refractivity contribution in [3.8, 4) is 0 Å². The summed E-state index contributed by atoms with van der Waals surface area (Å²) >= 11 is 3.22. The van der Waals surface area contributed by atoms with Crippen LogP contribution in [0, 0.1) is 0 Å². The first-order valence-corrected chi connectivity index (χ1v) is 8.41. The molecular formula is C13H18BrNO4S. The fraction of sp³-hybridized carbons (Fsp3) is 0.462. The predicted molar refractivity (Wildman–Crippen MR) is 79.8 cm³/mol. The second-order valence-corrected chi connectivity index (χ2v) is 7.23. The summed E-state index contributed by atoms with van der Waals surface area (Å²) in [7, 11) is -2.56. The number of halogens is 1. The van der Waals surface area contributed by atoms with Crippen molar-refractivity contribution in [1.29, 1.82) is 0 Å². The molecule has 1 atom stereocenters. The molecule has 0 bridgehead atoms. The smallest absolute Gasteiger partial charge is 0.326 e. The summed E-state index contributed by atoms with van der Waals surface area (Å²) in [6.45, 7) is 3.40. The zero-order valence-corrected chi connectivity index (χ0v) is 14.0. The molecule has 1 aromatic rings. The SMILES string of the molecule is CCCC(C)(NS(=O)(=O)c1cccc(Br)c1)C(=O)OC. The van der Waals surface area contributed by atoms with E-state index in [-0.39, 0.29) is 4.90 Å². The summed E-state index contributed by atoms with van der Waals surface area (Å²) in [4.78, 5) is 11.9. The molecule has 0 spiro atoms. The lowest BCUT2D eigenvalue weighted by atomic mass is 9.98. The summed E-state index contributed by atoms with van der Waals surface area (Å²) in [6.07, 6.45) is 1.000. The molecule has 1 aromatic carbocycles. The minimum absolute atomic E-state index is 0.0955. The zero-order chi connectivity index (χ0) is 15.4. The van der Waals surface area contributed by atoms with Gasteiger partial charge < -0.3 is 4.74 Å². The topological polar surface area (TPSA) is 72.5 Å². The van der Waals surface area contributed by atoms with Crippen molar-refractivity contribution in [1.82, 2.24) is 4.72 Å². The van der Waals surface area contributed by atoms with Gasteiger partial charge in [-0.3, -0.25) is 4.79 Å². The van der Waals surface area contributed by atoms with Crippen LogP contribution in [-0.2, 0) is 19.6 Å². The van der Waals surface area contributed by atoms with E-state index in [0.717, 1.165) is 0 Å². The lowest BCUT2D eigenvalue weighted by Crippen LogP contribution is -2.52. The highest BCUT2D eigenvalue weighted by atomic mass is 79.9. The molecule has 0 aliphatic rings. The first kappa shape index (κ1) is 17.1. The van der Waals surface area contributed by atoms with Crippen LogP contribution in [0.15, 0.2) is 33.6 Å². The van der Waals surface area contributed by atoms with E-state index in [1.165, 1.54) is 26.2 Å². The first-order valence-electron chi connectivity index (χ1n) is 6.13. The van der Waals surface area contributed by atoms with Crippen LogP contribution in [0.5, 0.6) is 0 Å². The normalized spacial score (nSPS) is 14.6. The zero-order valence-electron chi connectivity index (χ0n) is 11.6. The van der Waals surface area contributed by atoms with Crippen molar-refractivity contribution in [2.45, 2.75) is 37.1 Å². The van der Waals surface area contributed by atoms with Gasteiger partial charge in [-0.1, -0.05) is 35.3 Å². The number of methoxy groups -OCH3 is 1. The molecule has 20 heavy (non-hydrogen) atoms. The molecule has 0 aliphatic heterocycles. The Balaban J connectivity index is 3.13. The molecule has 0 heterocycles. The van der Waals surface area contributed by atoms with Gasteiger partial charge in [0.1, 0.15) is 5.54 Å². The highest BCUT2D eigenvalue weighted by Crippen LogP contribution is 2.21. The Morgan fingerprint density at radius 2 is 2.10 bits per heavy atom. The number of esters is 1. The third-order valence-corrected chi connectivity index (χ3v) is 4.94. The molecule has 1 rings (SSSR count). The Morgan fingerprint density at radius 3 is 2.60 bits per heavy atom. The van der Waals surface area contributed by atoms with Crippen LogP contribution in [0.1, 0.15) is 26.7 Å². The molecular weight excluding hydrogens is 346 g/mol. The maximum atomic E-state index is 12.4. The number of nitrogens with one attached hydrogen (secondary N) is 1. The first-order chi connectivity index (χ1) is 9.25. The van der Waals surface area contributed by atoms with Crippen molar-refractivity contribution >= 4 is 31.9 Å². The third kappa shape index (κ3) is 4.04. The van der Waals surface area contributed by atoms with E-state index in [1.807, 2.05) is 6.92 Å². The number of hydrogen-bond donors (Lipinski definition) is 1. The molecule has 1 N–H and O–H groups in total. The average Bonchev–Trinajstić information content (AvgIpc) is 2.37. The van der Waals surface area contributed by atoms with Crippen molar-refractivity contribution in [2.24, 2.45) is 0 Å². The van der Waals surface area contributed by atoms with E-state index in [1.54, 1.807) is 12.1 Å². The number of carbonyl (C=O) groups excluding carboxylic acids is 1. The lowest BCUT2D eigenvalue weighted by Gasteiger charge is -2.27. The molecule has 0 aliphatic carbocycles. The summed E-state index contributed by atoms with van der Waals surface area (Å²) in [6, 6.07) is 6.29. The van der Waals surface area contributed by atoms with Crippen LogP contribution < -0.4 is 4.72 Å². The van der Waals surface area contributed by atoms with Gasteiger partial charge >= 0.3 is 5.97 Å². The van der Waals surface area contributed by atoms with Gasteiger partial charge in [-0.25, -0.2) is 8.42 Å². The lowest BCUT2D eigenvalue weighted by molar-refractivity contribution is -0.147. The number of ether oxygens (including phenoxy) is 1. The number of carbonyl (C=O) groups is 1. The van der Waals surface area contributed by atoms with Gasteiger partial charge in [0.15, 0.2) is 0 Å². The number of sulfonamides is 1.